The molecule has 0 aromatic heterocycles. The molecule has 0 spiro atoms. The third-order valence-corrected chi connectivity index (χ3v) is 2.75. The lowest BCUT2D eigenvalue weighted by Crippen LogP contribution is -2.29. The molecule has 1 N–H and O–H groups in total. The minimum atomic E-state index is -3.13. The van der Waals surface area contributed by atoms with Gasteiger partial charge in [-0.05, 0) is 5.92 Å². The van der Waals surface area contributed by atoms with Crippen LogP contribution in [0.1, 0.15) is 6.42 Å². The van der Waals surface area contributed by atoms with Crippen LogP contribution in [0.25, 0.3) is 0 Å². The molecule has 13 heavy (non-hydrogen) atoms. The van der Waals surface area contributed by atoms with Crippen molar-refractivity contribution in [1.29, 1.82) is 0 Å². The second-order valence-electron chi connectivity index (χ2n) is 3.47. The number of rotatable bonds is 3. The first kappa shape index (κ1) is 10.5. The minimum Gasteiger partial charge on any atom is -0.345 e. The van der Waals surface area contributed by atoms with Gasteiger partial charge in [0.2, 0.25) is 15.9 Å². The third kappa shape index (κ3) is 3.31. The first-order chi connectivity index (χ1) is 5.88. The van der Waals surface area contributed by atoms with Crippen LogP contribution in [0.4, 0.5) is 0 Å². The van der Waals surface area contributed by atoms with Gasteiger partial charge in [-0.1, -0.05) is 0 Å². The number of carbonyl (C=O) groups excluding carboxylic acids is 1. The van der Waals surface area contributed by atoms with Gasteiger partial charge in [-0.3, -0.25) is 4.79 Å². The summed E-state index contributed by atoms with van der Waals surface area (Å²) < 4.78 is 23.9. The zero-order valence-corrected chi connectivity index (χ0v) is 8.60. The standard InChI is InChI=1S/C7H14N2O3S/c1-9-5-6(3-7(9)10)4-8-13(2,11)12/h6,8H,3-5H2,1-2H3. The first-order valence-corrected chi connectivity index (χ1v) is 5.96. The van der Waals surface area contributed by atoms with E-state index in [1.807, 2.05) is 0 Å². The highest BCUT2D eigenvalue weighted by Gasteiger charge is 2.26. The highest BCUT2D eigenvalue weighted by atomic mass is 32.2. The van der Waals surface area contributed by atoms with Crippen LogP contribution in [0.3, 0.4) is 0 Å². The Labute approximate surface area is 78.2 Å². The number of hydrogen-bond acceptors (Lipinski definition) is 3. The topological polar surface area (TPSA) is 66.5 Å². The fourth-order valence-electron chi connectivity index (χ4n) is 1.36. The third-order valence-electron chi connectivity index (χ3n) is 2.06. The van der Waals surface area contributed by atoms with Gasteiger partial charge in [-0.15, -0.1) is 0 Å². The summed E-state index contributed by atoms with van der Waals surface area (Å²) in [5.41, 5.74) is 0. The molecule has 1 atom stereocenters. The molecule has 0 bridgehead atoms. The Bertz CT molecular complexity index is 299. The van der Waals surface area contributed by atoms with E-state index < -0.39 is 10.0 Å². The Morgan fingerprint density at radius 1 is 1.62 bits per heavy atom. The lowest BCUT2D eigenvalue weighted by atomic mass is 10.1. The smallest absolute Gasteiger partial charge is 0.222 e. The number of likely N-dealkylation sites (tertiary alicyclic amines) is 1. The molecule has 1 aliphatic heterocycles. The molecular formula is C7H14N2O3S. The van der Waals surface area contributed by atoms with E-state index in [0.29, 0.717) is 19.5 Å². The van der Waals surface area contributed by atoms with E-state index in [0.717, 1.165) is 6.26 Å². The summed E-state index contributed by atoms with van der Waals surface area (Å²) in [7, 11) is -1.40. The molecule has 0 radical (unpaired) electrons. The molecule has 6 heteroatoms. The predicted molar refractivity (Wildman–Crippen MR) is 48.6 cm³/mol. The monoisotopic (exact) mass is 206 g/mol. The summed E-state index contributed by atoms with van der Waals surface area (Å²) in [6.45, 7) is 0.996. The summed E-state index contributed by atoms with van der Waals surface area (Å²) in [4.78, 5) is 12.7. The highest BCUT2D eigenvalue weighted by Crippen LogP contribution is 2.14. The van der Waals surface area contributed by atoms with Crippen molar-refractivity contribution in [1.82, 2.24) is 9.62 Å². The van der Waals surface area contributed by atoms with Crippen LogP contribution in [0.15, 0.2) is 0 Å². The lowest BCUT2D eigenvalue weighted by molar-refractivity contribution is -0.126. The average molecular weight is 206 g/mol. The zero-order chi connectivity index (χ0) is 10.1. The van der Waals surface area contributed by atoms with E-state index in [1.165, 1.54) is 0 Å². The van der Waals surface area contributed by atoms with Gasteiger partial charge in [0.1, 0.15) is 0 Å². The quantitative estimate of drug-likeness (QED) is 0.645. The van der Waals surface area contributed by atoms with E-state index in [1.54, 1.807) is 11.9 Å². The van der Waals surface area contributed by atoms with Gasteiger partial charge in [-0.2, -0.15) is 0 Å². The maximum absolute atomic E-state index is 11.1. The average Bonchev–Trinajstić information content (AvgIpc) is 2.27. The normalized spacial score (nSPS) is 24.0. The van der Waals surface area contributed by atoms with Crippen molar-refractivity contribution in [2.24, 2.45) is 5.92 Å². The summed E-state index contributed by atoms with van der Waals surface area (Å²) in [5.74, 6) is 0.201. The molecule has 0 aliphatic carbocycles. The van der Waals surface area contributed by atoms with Crippen molar-refractivity contribution in [2.75, 3.05) is 26.4 Å². The van der Waals surface area contributed by atoms with E-state index in [9.17, 15) is 13.2 Å². The Kier molecular flexibility index (Phi) is 2.92. The molecule has 0 aromatic carbocycles. The van der Waals surface area contributed by atoms with Crippen molar-refractivity contribution in [3.63, 3.8) is 0 Å². The van der Waals surface area contributed by atoms with Crippen LogP contribution in [0, 0.1) is 5.92 Å². The van der Waals surface area contributed by atoms with Crippen LogP contribution in [-0.4, -0.2) is 45.6 Å². The maximum Gasteiger partial charge on any atom is 0.222 e. The van der Waals surface area contributed by atoms with Gasteiger partial charge >= 0.3 is 0 Å². The molecule has 76 valence electrons. The molecule has 1 heterocycles. The largest absolute Gasteiger partial charge is 0.345 e. The SMILES string of the molecule is CN1CC(CNS(C)(=O)=O)CC1=O. The Morgan fingerprint density at radius 2 is 2.23 bits per heavy atom. The van der Waals surface area contributed by atoms with Gasteiger partial charge in [0.15, 0.2) is 0 Å². The van der Waals surface area contributed by atoms with E-state index in [4.69, 9.17) is 0 Å². The summed E-state index contributed by atoms with van der Waals surface area (Å²) in [6.07, 6.45) is 1.56. The summed E-state index contributed by atoms with van der Waals surface area (Å²) in [5, 5.41) is 0. The van der Waals surface area contributed by atoms with Crippen molar-refractivity contribution in [2.45, 2.75) is 6.42 Å². The molecular weight excluding hydrogens is 192 g/mol. The minimum absolute atomic E-state index is 0.0836. The molecule has 1 fully saturated rings. The van der Waals surface area contributed by atoms with Crippen LogP contribution < -0.4 is 4.72 Å². The van der Waals surface area contributed by atoms with Crippen LogP contribution >= 0.6 is 0 Å². The molecule has 0 aromatic rings. The highest BCUT2D eigenvalue weighted by molar-refractivity contribution is 7.88. The maximum atomic E-state index is 11.1. The van der Waals surface area contributed by atoms with Crippen molar-refractivity contribution in [3.05, 3.63) is 0 Å². The van der Waals surface area contributed by atoms with E-state index in [-0.39, 0.29) is 11.8 Å². The molecule has 1 rings (SSSR count). The number of hydrogen-bond donors (Lipinski definition) is 1. The van der Waals surface area contributed by atoms with Crippen molar-refractivity contribution < 1.29 is 13.2 Å². The number of carbonyl (C=O) groups is 1. The fraction of sp³-hybridized carbons (Fsp3) is 0.857. The number of amides is 1. The van der Waals surface area contributed by atoms with Gasteiger partial charge in [-0.25, -0.2) is 13.1 Å². The Morgan fingerprint density at radius 3 is 2.62 bits per heavy atom. The Balaban J connectivity index is 2.37. The van der Waals surface area contributed by atoms with Crippen LogP contribution in [-0.2, 0) is 14.8 Å². The summed E-state index contributed by atoms with van der Waals surface area (Å²) >= 11 is 0. The van der Waals surface area contributed by atoms with Gasteiger partial charge < -0.3 is 4.90 Å². The second-order valence-corrected chi connectivity index (χ2v) is 5.30. The first-order valence-electron chi connectivity index (χ1n) is 4.07. The number of nitrogens with zero attached hydrogens (tertiary/aromatic N) is 1. The predicted octanol–water partition coefficient (Wildman–Crippen LogP) is -0.986. The lowest BCUT2D eigenvalue weighted by Gasteiger charge is -2.09. The Hall–Kier alpha value is -0.620. The van der Waals surface area contributed by atoms with Gasteiger partial charge in [0.25, 0.3) is 0 Å². The molecule has 0 saturated carbocycles. The second kappa shape index (κ2) is 3.63. The van der Waals surface area contributed by atoms with E-state index >= 15 is 0 Å². The van der Waals surface area contributed by atoms with Crippen LogP contribution in [0.2, 0.25) is 0 Å². The van der Waals surface area contributed by atoms with Crippen molar-refractivity contribution >= 4 is 15.9 Å². The molecule has 1 saturated heterocycles. The summed E-state index contributed by atoms with van der Waals surface area (Å²) in [6, 6.07) is 0. The van der Waals surface area contributed by atoms with Gasteiger partial charge in [0, 0.05) is 26.6 Å². The molecule has 1 aliphatic rings. The van der Waals surface area contributed by atoms with Gasteiger partial charge in [0.05, 0.1) is 6.26 Å². The molecule has 1 unspecified atom stereocenters. The van der Waals surface area contributed by atoms with Crippen molar-refractivity contribution in [3.8, 4) is 0 Å². The van der Waals surface area contributed by atoms with E-state index in [2.05, 4.69) is 4.72 Å². The fourth-order valence-corrected chi connectivity index (χ4v) is 1.90. The zero-order valence-electron chi connectivity index (χ0n) is 7.78. The molecule has 1 amide bonds. The number of nitrogens with one attached hydrogen (secondary N) is 1. The number of sulfonamides is 1. The van der Waals surface area contributed by atoms with Crippen LogP contribution in [0.5, 0.6) is 0 Å². The molecule has 5 nitrogen and oxygen atoms in total.